The Bertz CT molecular complexity index is 1100. The average molecular weight is 417 g/mol. The second-order valence-corrected chi connectivity index (χ2v) is 8.25. The SMILES string of the molecule is Cn1c(=O)c2c(ncn2CC(=O)OCC(=O)N2CCC[C@@H]3CCCC[C@@H]32)n(C)c1=O. The number of esters is 1. The molecule has 2 aromatic heterocycles. The lowest BCUT2D eigenvalue weighted by atomic mass is 9.78. The van der Waals surface area contributed by atoms with E-state index in [0.717, 1.165) is 23.8 Å². The molecule has 1 amide bonds. The van der Waals surface area contributed by atoms with Crippen LogP contribution in [-0.4, -0.2) is 54.7 Å². The molecule has 1 saturated carbocycles. The van der Waals surface area contributed by atoms with E-state index < -0.39 is 17.2 Å². The number of likely N-dealkylation sites (tertiary alicyclic amines) is 1. The van der Waals surface area contributed by atoms with Crippen molar-refractivity contribution in [2.24, 2.45) is 20.0 Å². The van der Waals surface area contributed by atoms with Crippen molar-refractivity contribution in [3.05, 3.63) is 27.2 Å². The molecule has 162 valence electrons. The van der Waals surface area contributed by atoms with Crippen LogP contribution in [0.4, 0.5) is 0 Å². The number of amides is 1. The van der Waals surface area contributed by atoms with Crippen molar-refractivity contribution >= 4 is 23.0 Å². The van der Waals surface area contributed by atoms with Crippen molar-refractivity contribution < 1.29 is 14.3 Å². The highest BCUT2D eigenvalue weighted by Crippen LogP contribution is 2.35. The zero-order valence-corrected chi connectivity index (χ0v) is 17.4. The predicted octanol–water partition coefficient (Wildman–Crippen LogP) is 0.158. The third-order valence-corrected chi connectivity index (χ3v) is 6.44. The van der Waals surface area contributed by atoms with Gasteiger partial charge in [0.2, 0.25) is 0 Å². The van der Waals surface area contributed by atoms with E-state index in [1.807, 2.05) is 4.90 Å². The standard InChI is InChI=1S/C20H27N5O5/c1-22-18-17(19(28)23(2)20(22)29)24(12-21-18)10-16(27)30-11-15(26)25-9-5-7-13-6-3-4-8-14(13)25/h12-14H,3-11H2,1-2H3/t13-,14-/m0/s1. The van der Waals surface area contributed by atoms with Gasteiger partial charge in [-0.1, -0.05) is 12.8 Å². The fraction of sp³-hybridized carbons (Fsp3) is 0.650. The molecule has 4 rings (SSSR count). The highest BCUT2D eigenvalue weighted by Gasteiger charge is 2.35. The van der Waals surface area contributed by atoms with Crippen LogP contribution in [0, 0.1) is 5.92 Å². The fourth-order valence-electron chi connectivity index (χ4n) is 4.86. The van der Waals surface area contributed by atoms with Gasteiger partial charge in [0.1, 0.15) is 6.54 Å². The Kier molecular flexibility index (Phi) is 5.48. The maximum atomic E-state index is 12.7. The van der Waals surface area contributed by atoms with Gasteiger partial charge in [0.05, 0.1) is 6.33 Å². The highest BCUT2D eigenvalue weighted by molar-refractivity contribution is 5.81. The smallest absolute Gasteiger partial charge is 0.332 e. The molecule has 1 saturated heterocycles. The summed E-state index contributed by atoms with van der Waals surface area (Å²) in [5.74, 6) is -0.225. The summed E-state index contributed by atoms with van der Waals surface area (Å²) in [5, 5.41) is 0. The van der Waals surface area contributed by atoms with Gasteiger partial charge in [-0.05, 0) is 31.6 Å². The number of carbonyl (C=O) groups excluding carboxylic acids is 2. The van der Waals surface area contributed by atoms with Gasteiger partial charge in [-0.25, -0.2) is 9.78 Å². The molecule has 0 unspecified atom stereocenters. The van der Waals surface area contributed by atoms with E-state index in [1.165, 1.54) is 48.8 Å². The van der Waals surface area contributed by atoms with Gasteiger partial charge < -0.3 is 14.2 Å². The van der Waals surface area contributed by atoms with Crippen LogP contribution in [0.5, 0.6) is 0 Å². The molecule has 0 spiro atoms. The monoisotopic (exact) mass is 417 g/mol. The second-order valence-electron chi connectivity index (χ2n) is 8.25. The first-order valence-electron chi connectivity index (χ1n) is 10.4. The Morgan fingerprint density at radius 2 is 1.83 bits per heavy atom. The van der Waals surface area contributed by atoms with Crippen LogP contribution in [0.25, 0.3) is 11.2 Å². The van der Waals surface area contributed by atoms with Gasteiger partial charge in [0.15, 0.2) is 17.8 Å². The summed E-state index contributed by atoms with van der Waals surface area (Å²) in [6.07, 6.45) is 8.03. The molecule has 1 aliphatic carbocycles. The summed E-state index contributed by atoms with van der Waals surface area (Å²) < 4.78 is 8.79. The number of imidazole rings is 1. The fourth-order valence-corrected chi connectivity index (χ4v) is 4.86. The zero-order valence-electron chi connectivity index (χ0n) is 17.4. The van der Waals surface area contributed by atoms with E-state index in [-0.39, 0.29) is 36.3 Å². The molecular formula is C20H27N5O5. The molecule has 0 radical (unpaired) electrons. The number of carbonyl (C=O) groups is 2. The molecule has 10 nitrogen and oxygen atoms in total. The number of hydrogen-bond donors (Lipinski definition) is 0. The van der Waals surface area contributed by atoms with Gasteiger partial charge in [-0.2, -0.15) is 0 Å². The molecule has 2 fully saturated rings. The zero-order chi connectivity index (χ0) is 21.4. The second kappa shape index (κ2) is 8.08. The molecule has 0 N–H and O–H groups in total. The molecule has 10 heteroatoms. The lowest BCUT2D eigenvalue weighted by Crippen LogP contribution is -2.51. The third kappa shape index (κ3) is 3.54. The Morgan fingerprint density at radius 1 is 1.10 bits per heavy atom. The van der Waals surface area contributed by atoms with Crippen LogP contribution in [0.3, 0.4) is 0 Å². The number of hydrogen-bond acceptors (Lipinski definition) is 6. The van der Waals surface area contributed by atoms with E-state index in [2.05, 4.69) is 4.98 Å². The Balaban J connectivity index is 1.42. The van der Waals surface area contributed by atoms with Gasteiger partial charge in [0.25, 0.3) is 11.5 Å². The minimum atomic E-state index is -0.629. The first kappa shape index (κ1) is 20.4. The molecular weight excluding hydrogens is 390 g/mol. The summed E-state index contributed by atoms with van der Waals surface area (Å²) in [5.41, 5.74) is -0.688. The number of aryl methyl sites for hydroxylation is 1. The van der Waals surface area contributed by atoms with Crippen LogP contribution in [0.15, 0.2) is 15.9 Å². The summed E-state index contributed by atoms with van der Waals surface area (Å²) in [4.78, 5) is 55.5. The quantitative estimate of drug-likeness (QED) is 0.656. The molecule has 2 aliphatic rings. The van der Waals surface area contributed by atoms with E-state index in [1.54, 1.807) is 0 Å². The van der Waals surface area contributed by atoms with Gasteiger partial charge in [0, 0.05) is 26.7 Å². The van der Waals surface area contributed by atoms with Crippen molar-refractivity contribution in [1.82, 2.24) is 23.6 Å². The highest BCUT2D eigenvalue weighted by atomic mass is 16.5. The number of nitrogens with zero attached hydrogens (tertiary/aromatic N) is 5. The summed E-state index contributed by atoms with van der Waals surface area (Å²) in [6, 6.07) is 0.264. The van der Waals surface area contributed by atoms with Crippen LogP contribution < -0.4 is 11.2 Å². The molecule has 0 aromatic carbocycles. The van der Waals surface area contributed by atoms with Crippen molar-refractivity contribution in [2.75, 3.05) is 13.2 Å². The molecule has 0 bridgehead atoms. The van der Waals surface area contributed by atoms with Crippen molar-refractivity contribution in [1.29, 1.82) is 0 Å². The third-order valence-electron chi connectivity index (χ3n) is 6.44. The first-order chi connectivity index (χ1) is 14.4. The van der Waals surface area contributed by atoms with Gasteiger partial charge >= 0.3 is 11.7 Å². The lowest BCUT2D eigenvalue weighted by molar-refractivity contribution is -0.155. The van der Waals surface area contributed by atoms with Crippen molar-refractivity contribution in [3.63, 3.8) is 0 Å². The number of fused-ring (bicyclic) bond motifs is 2. The summed E-state index contributed by atoms with van der Waals surface area (Å²) in [7, 11) is 2.88. The van der Waals surface area contributed by atoms with Crippen LogP contribution in [-0.2, 0) is 35.0 Å². The topological polar surface area (TPSA) is 108 Å². The van der Waals surface area contributed by atoms with Gasteiger partial charge in [-0.3, -0.25) is 23.5 Å². The lowest BCUT2D eigenvalue weighted by Gasteiger charge is -2.44. The molecule has 30 heavy (non-hydrogen) atoms. The maximum absolute atomic E-state index is 12.7. The Morgan fingerprint density at radius 3 is 2.63 bits per heavy atom. The molecule has 1 aliphatic heterocycles. The van der Waals surface area contributed by atoms with Crippen LogP contribution >= 0.6 is 0 Å². The minimum Gasteiger partial charge on any atom is -0.454 e. The van der Waals surface area contributed by atoms with Crippen LogP contribution in [0.1, 0.15) is 38.5 Å². The molecule has 3 heterocycles. The van der Waals surface area contributed by atoms with Gasteiger partial charge in [-0.15, -0.1) is 0 Å². The Hall–Kier alpha value is -2.91. The average Bonchev–Trinajstić information content (AvgIpc) is 3.17. The van der Waals surface area contributed by atoms with Crippen LogP contribution in [0.2, 0.25) is 0 Å². The number of aromatic nitrogens is 4. The van der Waals surface area contributed by atoms with E-state index in [9.17, 15) is 19.2 Å². The predicted molar refractivity (Wildman–Crippen MR) is 108 cm³/mol. The number of rotatable bonds is 4. The maximum Gasteiger partial charge on any atom is 0.332 e. The molecule has 2 atom stereocenters. The summed E-state index contributed by atoms with van der Waals surface area (Å²) >= 11 is 0. The van der Waals surface area contributed by atoms with E-state index in [4.69, 9.17) is 4.74 Å². The van der Waals surface area contributed by atoms with E-state index in [0.29, 0.717) is 12.5 Å². The van der Waals surface area contributed by atoms with Crippen molar-refractivity contribution in [3.8, 4) is 0 Å². The number of piperidine rings is 1. The van der Waals surface area contributed by atoms with Crippen molar-refractivity contribution in [2.45, 2.75) is 51.1 Å². The Labute approximate surface area is 173 Å². The summed E-state index contributed by atoms with van der Waals surface area (Å²) in [6.45, 7) is 0.155. The number of ether oxygens (including phenoxy) is 1. The van der Waals surface area contributed by atoms with E-state index >= 15 is 0 Å². The molecule has 2 aromatic rings. The normalized spacial score (nSPS) is 21.5. The first-order valence-corrected chi connectivity index (χ1v) is 10.4. The minimum absolute atomic E-state index is 0.143. The largest absolute Gasteiger partial charge is 0.454 e.